The zero-order chi connectivity index (χ0) is 12.0. The van der Waals surface area contributed by atoms with E-state index in [-0.39, 0.29) is 0 Å². The summed E-state index contributed by atoms with van der Waals surface area (Å²) in [6, 6.07) is 4.97. The Bertz CT molecular complexity index is 421. The van der Waals surface area contributed by atoms with Gasteiger partial charge < -0.3 is 9.47 Å². The van der Waals surface area contributed by atoms with Gasteiger partial charge in [-0.05, 0) is 30.4 Å². The summed E-state index contributed by atoms with van der Waals surface area (Å²) >= 11 is 0. The van der Waals surface area contributed by atoms with E-state index in [1.807, 2.05) is 0 Å². The molecule has 0 spiro atoms. The Morgan fingerprint density at radius 1 is 1.38 bits per heavy atom. The van der Waals surface area contributed by atoms with Crippen molar-refractivity contribution in [3.05, 3.63) is 29.8 Å². The number of methoxy groups -OCH3 is 1. The number of rotatable bonds is 4. The Morgan fingerprint density at radius 2 is 2.12 bits per heavy atom. The van der Waals surface area contributed by atoms with E-state index >= 15 is 0 Å². The summed E-state index contributed by atoms with van der Waals surface area (Å²) in [5, 5.41) is 0. The molecule has 1 aromatic rings. The first kappa shape index (κ1) is 12.0. The third-order valence-electron chi connectivity index (χ3n) is 1.82. The van der Waals surface area contributed by atoms with Crippen LogP contribution >= 0.6 is 0 Å². The van der Waals surface area contributed by atoms with Crippen molar-refractivity contribution in [1.29, 1.82) is 0 Å². The second-order valence-electron chi connectivity index (χ2n) is 2.99. The molecule has 0 atom stereocenters. The van der Waals surface area contributed by atoms with Gasteiger partial charge in [0.1, 0.15) is 17.8 Å². The molecule has 0 saturated heterocycles. The summed E-state index contributed by atoms with van der Waals surface area (Å²) in [6.45, 7) is 1.32. The second-order valence-corrected chi connectivity index (χ2v) is 2.99. The van der Waals surface area contributed by atoms with Crippen LogP contribution in [0.15, 0.2) is 24.3 Å². The van der Waals surface area contributed by atoms with E-state index in [4.69, 9.17) is 9.47 Å². The number of carbonyl (C=O) groups is 2. The minimum absolute atomic E-state index is 0.395. The SMILES string of the molecule is COc1ccc(OC(C)=O)c(C=CC=O)c1. The molecule has 1 rings (SSSR count). The molecule has 1 aromatic carbocycles. The Labute approximate surface area is 93.5 Å². The number of allylic oxidation sites excluding steroid dienone is 1. The van der Waals surface area contributed by atoms with Crippen LogP contribution < -0.4 is 9.47 Å². The van der Waals surface area contributed by atoms with Crippen LogP contribution in [0.25, 0.3) is 6.08 Å². The third-order valence-corrected chi connectivity index (χ3v) is 1.82. The number of aldehydes is 1. The monoisotopic (exact) mass is 220 g/mol. The molecule has 0 heterocycles. The van der Waals surface area contributed by atoms with Crippen LogP contribution in [0.1, 0.15) is 12.5 Å². The lowest BCUT2D eigenvalue weighted by Gasteiger charge is -2.07. The minimum atomic E-state index is -0.411. The van der Waals surface area contributed by atoms with E-state index in [9.17, 15) is 9.59 Å². The summed E-state index contributed by atoms with van der Waals surface area (Å²) in [5.41, 5.74) is 0.613. The van der Waals surface area contributed by atoms with E-state index in [1.165, 1.54) is 20.1 Å². The highest BCUT2D eigenvalue weighted by Crippen LogP contribution is 2.25. The topological polar surface area (TPSA) is 52.6 Å². The van der Waals surface area contributed by atoms with Gasteiger partial charge >= 0.3 is 5.97 Å². The average Bonchev–Trinajstić information content (AvgIpc) is 2.27. The van der Waals surface area contributed by atoms with Crippen LogP contribution in [-0.2, 0) is 9.59 Å². The molecule has 0 aliphatic heterocycles. The predicted molar refractivity (Wildman–Crippen MR) is 59.4 cm³/mol. The van der Waals surface area contributed by atoms with Gasteiger partial charge in [0.25, 0.3) is 0 Å². The Morgan fingerprint density at radius 3 is 2.69 bits per heavy atom. The number of carbonyl (C=O) groups excluding carboxylic acids is 2. The third kappa shape index (κ3) is 3.24. The molecule has 0 fully saturated rings. The summed E-state index contributed by atoms with van der Waals surface area (Å²) in [4.78, 5) is 21.1. The van der Waals surface area contributed by atoms with Crippen LogP contribution in [0.2, 0.25) is 0 Å². The zero-order valence-electron chi connectivity index (χ0n) is 9.10. The smallest absolute Gasteiger partial charge is 0.308 e. The molecule has 84 valence electrons. The van der Waals surface area contributed by atoms with Crippen molar-refractivity contribution in [1.82, 2.24) is 0 Å². The fraction of sp³-hybridized carbons (Fsp3) is 0.167. The van der Waals surface area contributed by atoms with Crippen LogP contribution in [0.3, 0.4) is 0 Å². The number of ether oxygens (including phenoxy) is 2. The first-order valence-electron chi connectivity index (χ1n) is 4.65. The first-order chi connectivity index (χ1) is 7.67. The molecule has 0 N–H and O–H groups in total. The molecular formula is C12H12O4. The summed E-state index contributed by atoms with van der Waals surface area (Å²) < 4.78 is 10.0. The average molecular weight is 220 g/mol. The van der Waals surface area contributed by atoms with Gasteiger partial charge in [0, 0.05) is 12.5 Å². The van der Waals surface area contributed by atoms with Crippen molar-refractivity contribution in [3.63, 3.8) is 0 Å². The van der Waals surface area contributed by atoms with Gasteiger partial charge in [0.15, 0.2) is 0 Å². The lowest BCUT2D eigenvalue weighted by atomic mass is 10.1. The van der Waals surface area contributed by atoms with Crippen LogP contribution in [0, 0.1) is 0 Å². The maximum absolute atomic E-state index is 10.8. The number of benzene rings is 1. The zero-order valence-corrected chi connectivity index (χ0v) is 9.10. The predicted octanol–water partition coefficient (Wildman–Crippen LogP) is 1.83. The highest BCUT2D eigenvalue weighted by atomic mass is 16.5. The van der Waals surface area contributed by atoms with E-state index < -0.39 is 5.97 Å². The van der Waals surface area contributed by atoms with Gasteiger partial charge in [-0.3, -0.25) is 9.59 Å². The second kappa shape index (κ2) is 5.70. The fourth-order valence-corrected chi connectivity index (χ4v) is 1.17. The highest BCUT2D eigenvalue weighted by Gasteiger charge is 2.05. The normalized spacial score (nSPS) is 10.1. The molecule has 0 amide bonds. The molecule has 0 saturated carbocycles. The maximum Gasteiger partial charge on any atom is 0.308 e. The van der Waals surface area contributed by atoms with E-state index in [0.29, 0.717) is 23.3 Å². The molecule has 0 aromatic heterocycles. The Kier molecular flexibility index (Phi) is 4.27. The van der Waals surface area contributed by atoms with Crippen molar-refractivity contribution < 1.29 is 19.1 Å². The van der Waals surface area contributed by atoms with Crippen molar-refractivity contribution in [2.75, 3.05) is 7.11 Å². The van der Waals surface area contributed by atoms with Crippen LogP contribution in [0.5, 0.6) is 11.5 Å². The van der Waals surface area contributed by atoms with E-state index in [1.54, 1.807) is 24.3 Å². The lowest BCUT2D eigenvalue weighted by molar-refractivity contribution is -0.131. The minimum Gasteiger partial charge on any atom is -0.497 e. The van der Waals surface area contributed by atoms with Crippen molar-refractivity contribution in [2.45, 2.75) is 6.92 Å². The molecule has 4 nitrogen and oxygen atoms in total. The standard InChI is InChI=1S/C12H12O4/c1-9(14)16-12-6-5-11(15-2)8-10(12)4-3-7-13/h3-8H,1-2H3. The molecule has 16 heavy (non-hydrogen) atoms. The molecule has 0 aliphatic rings. The van der Waals surface area contributed by atoms with Crippen molar-refractivity contribution in [2.24, 2.45) is 0 Å². The van der Waals surface area contributed by atoms with Gasteiger partial charge in [-0.15, -0.1) is 0 Å². The van der Waals surface area contributed by atoms with Crippen molar-refractivity contribution in [3.8, 4) is 11.5 Å². The highest BCUT2D eigenvalue weighted by molar-refractivity contribution is 5.77. The van der Waals surface area contributed by atoms with Gasteiger partial charge in [0.2, 0.25) is 0 Å². The molecule has 0 bridgehead atoms. The first-order valence-corrected chi connectivity index (χ1v) is 4.65. The molecule has 0 unspecified atom stereocenters. The summed E-state index contributed by atoms with van der Waals surface area (Å²) in [6.07, 6.45) is 3.52. The lowest BCUT2D eigenvalue weighted by Crippen LogP contribution is -2.02. The maximum atomic E-state index is 10.8. The Balaban J connectivity index is 3.10. The van der Waals surface area contributed by atoms with Gasteiger partial charge in [-0.25, -0.2) is 0 Å². The van der Waals surface area contributed by atoms with Gasteiger partial charge in [-0.2, -0.15) is 0 Å². The summed E-state index contributed by atoms with van der Waals surface area (Å²) in [7, 11) is 1.54. The van der Waals surface area contributed by atoms with Crippen LogP contribution in [-0.4, -0.2) is 19.4 Å². The van der Waals surface area contributed by atoms with Gasteiger partial charge in [0.05, 0.1) is 7.11 Å². The Hall–Kier alpha value is -2.10. The van der Waals surface area contributed by atoms with E-state index in [0.717, 1.165) is 0 Å². The molecule has 4 heteroatoms. The molecule has 0 aliphatic carbocycles. The van der Waals surface area contributed by atoms with E-state index in [2.05, 4.69) is 0 Å². The molecule has 0 radical (unpaired) electrons. The number of hydrogen-bond donors (Lipinski definition) is 0. The van der Waals surface area contributed by atoms with Crippen molar-refractivity contribution >= 4 is 18.3 Å². The summed E-state index contributed by atoms with van der Waals surface area (Å²) in [5.74, 6) is 0.610. The largest absolute Gasteiger partial charge is 0.497 e. The van der Waals surface area contributed by atoms with Crippen LogP contribution in [0.4, 0.5) is 0 Å². The molecular weight excluding hydrogens is 208 g/mol. The number of esters is 1. The quantitative estimate of drug-likeness (QED) is 0.336. The number of hydrogen-bond acceptors (Lipinski definition) is 4. The van der Waals surface area contributed by atoms with Gasteiger partial charge in [-0.1, -0.05) is 0 Å². The fourth-order valence-electron chi connectivity index (χ4n) is 1.17.